The molecule has 1 N–H and O–H groups in total. The zero-order valence-electron chi connectivity index (χ0n) is 17.8. The molecule has 0 unspecified atom stereocenters. The van der Waals surface area contributed by atoms with Crippen LogP contribution in [0, 0.1) is 0 Å². The highest BCUT2D eigenvalue weighted by Gasteiger charge is 2.13. The van der Waals surface area contributed by atoms with Crippen LogP contribution in [0.25, 0.3) is 34.0 Å². The summed E-state index contributed by atoms with van der Waals surface area (Å²) in [5.41, 5.74) is 3.98. The molecular formula is C28H21N3O2. The largest absolute Gasteiger partial charge is 0.331 e. The van der Waals surface area contributed by atoms with Gasteiger partial charge in [0.05, 0.1) is 16.7 Å². The Labute approximate surface area is 190 Å². The lowest BCUT2D eigenvalue weighted by Gasteiger charge is -2.15. The Balaban J connectivity index is 1.43. The molecule has 0 bridgehead atoms. The molecule has 5 aromatic rings. The molecule has 2 heterocycles. The lowest BCUT2D eigenvalue weighted by atomic mass is 10.1. The fourth-order valence-electron chi connectivity index (χ4n) is 3.97. The van der Waals surface area contributed by atoms with Gasteiger partial charge < -0.3 is 9.88 Å². The number of anilines is 1. The fourth-order valence-corrected chi connectivity index (χ4v) is 3.97. The van der Waals surface area contributed by atoms with Gasteiger partial charge >= 0.3 is 0 Å². The maximum atomic E-state index is 13.0. The Bertz CT molecular complexity index is 1490. The smallest absolute Gasteiger partial charge is 0.244 e. The van der Waals surface area contributed by atoms with Crippen LogP contribution in [-0.2, 0) is 11.3 Å². The Hall–Kier alpha value is -4.51. The second kappa shape index (κ2) is 8.93. The van der Waals surface area contributed by atoms with E-state index in [0.717, 1.165) is 22.3 Å². The lowest BCUT2D eigenvalue weighted by Crippen LogP contribution is -2.21. The zero-order chi connectivity index (χ0) is 22.6. The van der Waals surface area contributed by atoms with Gasteiger partial charge in [-0.15, -0.1) is 0 Å². The number of nitrogens with zero attached hydrogens (tertiary/aromatic N) is 2. The maximum absolute atomic E-state index is 13.0. The summed E-state index contributed by atoms with van der Waals surface area (Å²) in [4.78, 5) is 30.2. The van der Waals surface area contributed by atoms with Gasteiger partial charge in [-0.3, -0.25) is 14.6 Å². The number of benzene rings is 3. The van der Waals surface area contributed by atoms with E-state index in [4.69, 9.17) is 0 Å². The van der Waals surface area contributed by atoms with E-state index in [1.165, 1.54) is 0 Å². The minimum atomic E-state index is -0.167. The van der Waals surface area contributed by atoms with E-state index >= 15 is 0 Å². The van der Waals surface area contributed by atoms with Crippen LogP contribution in [0.3, 0.4) is 0 Å². The molecule has 0 saturated carbocycles. The number of nitrogens with one attached hydrogen (secondary N) is 1. The molecule has 0 saturated heterocycles. The van der Waals surface area contributed by atoms with E-state index in [-0.39, 0.29) is 17.9 Å². The number of hydrogen-bond donors (Lipinski definition) is 1. The number of para-hydroxylation sites is 2. The van der Waals surface area contributed by atoms with Crippen LogP contribution >= 0.6 is 0 Å². The van der Waals surface area contributed by atoms with Gasteiger partial charge in [-0.1, -0.05) is 48.5 Å². The van der Waals surface area contributed by atoms with E-state index in [0.29, 0.717) is 16.5 Å². The van der Waals surface area contributed by atoms with Gasteiger partial charge in [0.1, 0.15) is 6.54 Å². The summed E-state index contributed by atoms with van der Waals surface area (Å²) < 4.78 is 1.90. The van der Waals surface area contributed by atoms with Crippen LogP contribution < -0.4 is 10.7 Å². The molecule has 1 amide bonds. The highest BCUT2D eigenvalue weighted by molar-refractivity contribution is 5.97. The molecule has 5 rings (SSSR count). The molecule has 33 heavy (non-hydrogen) atoms. The van der Waals surface area contributed by atoms with Gasteiger partial charge in [0.2, 0.25) is 5.91 Å². The molecule has 5 nitrogen and oxygen atoms in total. The monoisotopic (exact) mass is 431 g/mol. The average molecular weight is 431 g/mol. The van der Waals surface area contributed by atoms with Crippen molar-refractivity contribution < 1.29 is 4.79 Å². The van der Waals surface area contributed by atoms with Crippen molar-refractivity contribution in [3.63, 3.8) is 0 Å². The van der Waals surface area contributed by atoms with Crippen molar-refractivity contribution in [3.8, 4) is 0 Å². The molecule has 0 aliphatic rings. The van der Waals surface area contributed by atoms with Crippen LogP contribution in [0.2, 0.25) is 0 Å². The number of pyridine rings is 2. The number of carbonyl (C=O) groups excluding carboxylic acids is 1. The number of hydrogen-bond acceptors (Lipinski definition) is 3. The normalized spacial score (nSPS) is 11.3. The third-order valence-corrected chi connectivity index (χ3v) is 5.49. The van der Waals surface area contributed by atoms with E-state index < -0.39 is 0 Å². The first-order chi connectivity index (χ1) is 16.2. The second-order valence-electron chi connectivity index (χ2n) is 7.71. The average Bonchev–Trinajstić information content (AvgIpc) is 2.86. The number of amides is 1. The molecule has 0 spiro atoms. The van der Waals surface area contributed by atoms with Gasteiger partial charge in [-0.05, 0) is 60.2 Å². The highest BCUT2D eigenvalue weighted by atomic mass is 16.2. The Kier molecular flexibility index (Phi) is 5.52. The van der Waals surface area contributed by atoms with Gasteiger partial charge in [0.25, 0.3) is 0 Å². The predicted molar refractivity (Wildman–Crippen MR) is 134 cm³/mol. The summed E-state index contributed by atoms with van der Waals surface area (Å²) >= 11 is 0. The van der Waals surface area contributed by atoms with Crippen LogP contribution in [-0.4, -0.2) is 15.5 Å². The quantitative estimate of drug-likeness (QED) is 0.381. The first kappa shape index (κ1) is 20.4. The summed E-state index contributed by atoms with van der Waals surface area (Å²) in [7, 11) is 0. The maximum Gasteiger partial charge on any atom is 0.244 e. The third kappa shape index (κ3) is 4.29. The summed E-state index contributed by atoms with van der Waals surface area (Å²) in [6.45, 7) is 0.0926. The molecule has 0 atom stereocenters. The van der Waals surface area contributed by atoms with Gasteiger partial charge in [-0.2, -0.15) is 0 Å². The topological polar surface area (TPSA) is 64.0 Å². The molecule has 160 valence electrons. The number of carbonyl (C=O) groups is 1. The van der Waals surface area contributed by atoms with Crippen LogP contribution in [0.4, 0.5) is 5.69 Å². The van der Waals surface area contributed by atoms with Gasteiger partial charge in [0.15, 0.2) is 5.43 Å². The molecule has 0 aliphatic carbocycles. The van der Waals surface area contributed by atoms with Crippen molar-refractivity contribution in [2.24, 2.45) is 0 Å². The van der Waals surface area contributed by atoms with Gasteiger partial charge in [-0.25, -0.2) is 0 Å². The fraction of sp³-hybridized carbons (Fsp3) is 0.0357. The van der Waals surface area contributed by atoms with Crippen molar-refractivity contribution in [3.05, 3.63) is 119 Å². The SMILES string of the molecule is O=C(Cn1c2ccccc2c(=O)c2ccccc21)Nc1cccc(/C=C/c2ccccn2)c1. The van der Waals surface area contributed by atoms with Crippen molar-refractivity contribution in [2.75, 3.05) is 5.32 Å². The molecule has 0 fully saturated rings. The zero-order valence-corrected chi connectivity index (χ0v) is 17.8. The summed E-state index contributed by atoms with van der Waals surface area (Å²) in [6, 6.07) is 28.2. The highest BCUT2D eigenvalue weighted by Crippen LogP contribution is 2.20. The van der Waals surface area contributed by atoms with Gasteiger partial charge in [0, 0.05) is 22.7 Å². The summed E-state index contributed by atoms with van der Waals surface area (Å²) in [6.07, 6.45) is 5.64. The molecular weight excluding hydrogens is 410 g/mol. The first-order valence-electron chi connectivity index (χ1n) is 10.7. The van der Waals surface area contributed by atoms with E-state index in [1.807, 2.05) is 95.6 Å². The first-order valence-corrected chi connectivity index (χ1v) is 10.7. The Morgan fingerprint density at radius 2 is 1.52 bits per heavy atom. The number of fused-ring (bicyclic) bond motifs is 2. The van der Waals surface area contributed by atoms with E-state index in [9.17, 15) is 9.59 Å². The van der Waals surface area contributed by atoms with E-state index in [1.54, 1.807) is 18.3 Å². The van der Waals surface area contributed by atoms with Crippen LogP contribution in [0.15, 0.2) is 102 Å². The molecule has 2 aromatic heterocycles. The van der Waals surface area contributed by atoms with Crippen molar-refractivity contribution in [2.45, 2.75) is 6.54 Å². The second-order valence-corrected chi connectivity index (χ2v) is 7.71. The third-order valence-electron chi connectivity index (χ3n) is 5.49. The van der Waals surface area contributed by atoms with Crippen molar-refractivity contribution in [1.82, 2.24) is 9.55 Å². The van der Waals surface area contributed by atoms with E-state index in [2.05, 4.69) is 10.3 Å². The Morgan fingerprint density at radius 1 is 0.818 bits per heavy atom. The van der Waals surface area contributed by atoms with Crippen molar-refractivity contribution >= 4 is 45.6 Å². The summed E-state index contributed by atoms with van der Waals surface area (Å²) in [5.74, 6) is -0.167. The van der Waals surface area contributed by atoms with Crippen LogP contribution in [0.1, 0.15) is 11.3 Å². The lowest BCUT2D eigenvalue weighted by molar-refractivity contribution is -0.116. The summed E-state index contributed by atoms with van der Waals surface area (Å²) in [5, 5.41) is 4.19. The number of rotatable bonds is 5. The predicted octanol–water partition coefficient (Wildman–Crippen LogP) is 5.36. The minimum absolute atomic E-state index is 0.0229. The molecule has 0 radical (unpaired) electrons. The Morgan fingerprint density at radius 3 is 2.21 bits per heavy atom. The number of aromatic nitrogens is 2. The standard InChI is InChI=1S/C28H21N3O2/c32-27(30-22-10-7-8-20(18-22)15-16-21-9-5-6-17-29-21)19-31-25-13-3-1-11-23(25)28(33)24-12-2-4-14-26(24)31/h1-18H,19H2,(H,30,32)/b16-15+. The van der Waals surface area contributed by atoms with Crippen molar-refractivity contribution in [1.29, 1.82) is 0 Å². The molecule has 5 heteroatoms. The minimum Gasteiger partial charge on any atom is -0.331 e. The molecule has 0 aliphatic heterocycles. The molecule has 3 aromatic carbocycles. The van der Waals surface area contributed by atoms with Crippen LogP contribution in [0.5, 0.6) is 0 Å².